The summed E-state index contributed by atoms with van der Waals surface area (Å²) < 4.78 is 0. The number of aliphatic hydroxyl groups is 1. The molecule has 1 aromatic heterocycles. The summed E-state index contributed by atoms with van der Waals surface area (Å²) in [6.07, 6.45) is 0.774. The zero-order valence-electron chi connectivity index (χ0n) is 9.08. The van der Waals surface area contributed by atoms with Crippen molar-refractivity contribution < 1.29 is 5.11 Å². The fraction of sp³-hybridized carbons (Fsp3) is 0.636. The predicted octanol–water partition coefficient (Wildman–Crippen LogP) is 2.56. The number of rotatable bonds is 5. The highest BCUT2D eigenvalue weighted by Gasteiger charge is 2.18. The Morgan fingerprint density at radius 1 is 1.64 bits per heavy atom. The van der Waals surface area contributed by atoms with Crippen molar-refractivity contribution in [2.24, 2.45) is 0 Å². The molecule has 2 unspecified atom stereocenters. The molecule has 3 heteroatoms. The van der Waals surface area contributed by atoms with Gasteiger partial charge in [-0.3, -0.25) is 0 Å². The topological polar surface area (TPSA) is 32.3 Å². The standard InChI is InChI=1S/C11H19NOS/c1-4-11(3,13)8-12-9(2)10-5-6-14-7-10/h5-7,9,12-13H,4,8H2,1-3H3. The molecule has 0 aliphatic rings. The molecule has 0 bridgehead atoms. The fourth-order valence-electron chi connectivity index (χ4n) is 1.14. The van der Waals surface area contributed by atoms with Crippen molar-refractivity contribution in [1.82, 2.24) is 5.32 Å². The lowest BCUT2D eigenvalue weighted by Crippen LogP contribution is -2.38. The average Bonchev–Trinajstić information content (AvgIpc) is 2.67. The van der Waals surface area contributed by atoms with E-state index in [1.807, 2.05) is 13.8 Å². The van der Waals surface area contributed by atoms with E-state index in [0.29, 0.717) is 12.6 Å². The summed E-state index contributed by atoms with van der Waals surface area (Å²) >= 11 is 1.70. The van der Waals surface area contributed by atoms with Crippen LogP contribution in [-0.2, 0) is 0 Å². The number of nitrogens with one attached hydrogen (secondary N) is 1. The fourth-order valence-corrected chi connectivity index (χ4v) is 1.89. The van der Waals surface area contributed by atoms with Crippen molar-refractivity contribution in [3.63, 3.8) is 0 Å². The van der Waals surface area contributed by atoms with Crippen molar-refractivity contribution in [2.45, 2.75) is 38.8 Å². The van der Waals surface area contributed by atoms with Crippen LogP contribution in [0, 0.1) is 0 Å². The molecule has 1 heterocycles. The van der Waals surface area contributed by atoms with E-state index >= 15 is 0 Å². The Hall–Kier alpha value is -0.380. The number of thiophene rings is 1. The Balaban J connectivity index is 2.39. The van der Waals surface area contributed by atoms with Crippen LogP contribution >= 0.6 is 11.3 Å². The van der Waals surface area contributed by atoms with Crippen molar-refractivity contribution >= 4 is 11.3 Å². The van der Waals surface area contributed by atoms with Crippen molar-refractivity contribution in [1.29, 1.82) is 0 Å². The summed E-state index contributed by atoms with van der Waals surface area (Å²) in [6.45, 7) is 6.62. The molecule has 14 heavy (non-hydrogen) atoms. The van der Waals surface area contributed by atoms with Gasteiger partial charge < -0.3 is 10.4 Å². The van der Waals surface area contributed by atoms with E-state index in [4.69, 9.17) is 0 Å². The van der Waals surface area contributed by atoms with Crippen LogP contribution in [0.15, 0.2) is 16.8 Å². The van der Waals surface area contributed by atoms with Crippen molar-refractivity contribution in [3.8, 4) is 0 Å². The minimum atomic E-state index is -0.593. The molecule has 0 saturated heterocycles. The second-order valence-corrected chi connectivity index (χ2v) is 4.79. The van der Waals surface area contributed by atoms with Crippen LogP contribution in [0.4, 0.5) is 0 Å². The minimum Gasteiger partial charge on any atom is -0.389 e. The summed E-state index contributed by atoms with van der Waals surface area (Å²) in [4.78, 5) is 0. The molecule has 0 aliphatic carbocycles. The molecule has 0 fully saturated rings. The number of hydrogen-bond acceptors (Lipinski definition) is 3. The molecule has 80 valence electrons. The van der Waals surface area contributed by atoms with Crippen LogP contribution in [0.3, 0.4) is 0 Å². The molecule has 0 spiro atoms. The normalized spacial score (nSPS) is 17.7. The Morgan fingerprint density at radius 3 is 2.86 bits per heavy atom. The summed E-state index contributed by atoms with van der Waals surface area (Å²) in [6, 6.07) is 2.43. The van der Waals surface area contributed by atoms with Crippen molar-refractivity contribution in [2.75, 3.05) is 6.54 Å². The van der Waals surface area contributed by atoms with E-state index in [0.717, 1.165) is 6.42 Å². The molecular weight excluding hydrogens is 194 g/mol. The molecule has 0 aromatic carbocycles. The Morgan fingerprint density at radius 2 is 2.36 bits per heavy atom. The van der Waals surface area contributed by atoms with Crippen LogP contribution < -0.4 is 5.32 Å². The molecule has 2 atom stereocenters. The van der Waals surface area contributed by atoms with E-state index in [9.17, 15) is 5.11 Å². The highest BCUT2D eigenvalue weighted by atomic mass is 32.1. The smallest absolute Gasteiger partial charge is 0.0741 e. The van der Waals surface area contributed by atoms with Gasteiger partial charge in [-0.15, -0.1) is 0 Å². The third kappa shape index (κ3) is 3.40. The van der Waals surface area contributed by atoms with Gasteiger partial charge in [0.15, 0.2) is 0 Å². The van der Waals surface area contributed by atoms with E-state index < -0.39 is 5.60 Å². The first-order valence-electron chi connectivity index (χ1n) is 5.03. The Kier molecular flexibility index (Phi) is 4.11. The van der Waals surface area contributed by atoms with Gasteiger partial charge >= 0.3 is 0 Å². The second-order valence-electron chi connectivity index (χ2n) is 4.01. The lowest BCUT2D eigenvalue weighted by molar-refractivity contribution is 0.0534. The van der Waals surface area contributed by atoms with Gasteiger partial charge in [-0.05, 0) is 42.7 Å². The van der Waals surface area contributed by atoms with Crippen LogP contribution in [0.2, 0.25) is 0 Å². The van der Waals surface area contributed by atoms with Crippen LogP contribution in [0.1, 0.15) is 38.8 Å². The van der Waals surface area contributed by atoms with Gasteiger partial charge in [-0.25, -0.2) is 0 Å². The van der Waals surface area contributed by atoms with Gasteiger partial charge in [0.05, 0.1) is 5.60 Å². The Bertz CT molecular complexity index is 256. The molecule has 0 radical (unpaired) electrons. The maximum Gasteiger partial charge on any atom is 0.0741 e. The van der Waals surface area contributed by atoms with Crippen molar-refractivity contribution in [3.05, 3.63) is 22.4 Å². The van der Waals surface area contributed by atoms with E-state index in [1.54, 1.807) is 11.3 Å². The summed E-state index contributed by atoms with van der Waals surface area (Å²) in [5, 5.41) is 17.4. The molecule has 1 aromatic rings. The quantitative estimate of drug-likeness (QED) is 0.788. The Labute approximate surface area is 90.0 Å². The number of hydrogen-bond donors (Lipinski definition) is 2. The van der Waals surface area contributed by atoms with E-state index in [-0.39, 0.29) is 0 Å². The summed E-state index contributed by atoms with van der Waals surface area (Å²) in [5.74, 6) is 0. The zero-order valence-corrected chi connectivity index (χ0v) is 9.90. The molecule has 1 rings (SSSR count). The van der Waals surface area contributed by atoms with Crippen LogP contribution in [0.25, 0.3) is 0 Å². The van der Waals surface area contributed by atoms with Gasteiger partial charge in [0, 0.05) is 12.6 Å². The highest BCUT2D eigenvalue weighted by molar-refractivity contribution is 7.07. The second kappa shape index (κ2) is 4.91. The van der Waals surface area contributed by atoms with Gasteiger partial charge in [0.1, 0.15) is 0 Å². The molecule has 0 saturated carbocycles. The first kappa shape index (κ1) is 11.7. The summed E-state index contributed by atoms with van der Waals surface area (Å²) in [7, 11) is 0. The maximum absolute atomic E-state index is 9.81. The first-order chi connectivity index (χ1) is 6.55. The molecule has 0 aliphatic heterocycles. The molecular formula is C11H19NOS. The maximum atomic E-state index is 9.81. The average molecular weight is 213 g/mol. The van der Waals surface area contributed by atoms with E-state index in [2.05, 4.69) is 29.1 Å². The molecule has 2 nitrogen and oxygen atoms in total. The largest absolute Gasteiger partial charge is 0.389 e. The third-order valence-corrected chi connectivity index (χ3v) is 3.30. The SMILES string of the molecule is CCC(C)(O)CNC(C)c1ccsc1. The highest BCUT2D eigenvalue weighted by Crippen LogP contribution is 2.16. The van der Waals surface area contributed by atoms with Crippen LogP contribution in [0.5, 0.6) is 0 Å². The lowest BCUT2D eigenvalue weighted by Gasteiger charge is -2.24. The van der Waals surface area contributed by atoms with Gasteiger partial charge in [0.2, 0.25) is 0 Å². The van der Waals surface area contributed by atoms with Gasteiger partial charge in [-0.1, -0.05) is 6.92 Å². The first-order valence-corrected chi connectivity index (χ1v) is 5.97. The molecule has 0 amide bonds. The lowest BCUT2D eigenvalue weighted by atomic mass is 10.0. The molecule has 2 N–H and O–H groups in total. The monoisotopic (exact) mass is 213 g/mol. The third-order valence-electron chi connectivity index (χ3n) is 2.59. The van der Waals surface area contributed by atoms with E-state index in [1.165, 1.54) is 5.56 Å². The zero-order chi connectivity index (χ0) is 10.6. The van der Waals surface area contributed by atoms with Gasteiger partial charge in [-0.2, -0.15) is 11.3 Å². The summed E-state index contributed by atoms with van der Waals surface area (Å²) in [5.41, 5.74) is 0.700. The minimum absolute atomic E-state index is 0.319. The van der Waals surface area contributed by atoms with Gasteiger partial charge in [0.25, 0.3) is 0 Å². The van der Waals surface area contributed by atoms with Crippen LogP contribution in [-0.4, -0.2) is 17.3 Å². The predicted molar refractivity (Wildman–Crippen MR) is 61.7 cm³/mol.